The summed E-state index contributed by atoms with van der Waals surface area (Å²) in [6.45, 7) is 1.82. The first-order valence-corrected chi connectivity index (χ1v) is 11.7. The Morgan fingerprint density at radius 3 is 2.29 bits per heavy atom. The van der Waals surface area contributed by atoms with E-state index in [1.54, 1.807) is 6.07 Å². The molecule has 1 saturated heterocycles. The fraction of sp³-hybridized carbons (Fsp3) is 0.350. The fourth-order valence-corrected chi connectivity index (χ4v) is 4.80. The van der Waals surface area contributed by atoms with Gasteiger partial charge in [0, 0.05) is 24.3 Å². The van der Waals surface area contributed by atoms with E-state index in [2.05, 4.69) is 10.3 Å². The van der Waals surface area contributed by atoms with Gasteiger partial charge in [0.1, 0.15) is 5.82 Å². The number of piperidine rings is 1. The first-order chi connectivity index (χ1) is 14.7. The number of rotatable bonds is 6. The number of amides is 1. The van der Waals surface area contributed by atoms with Crippen LogP contribution in [0.25, 0.3) is 0 Å². The molecular weight excluding hydrogens is 465 g/mol. The number of pyridine rings is 1. The lowest BCUT2D eigenvalue weighted by molar-refractivity contribution is -0.158. The number of carbonyl (C=O) groups is 2. The van der Waals surface area contributed by atoms with Crippen molar-refractivity contribution in [1.82, 2.24) is 9.29 Å². The largest absolute Gasteiger partial charge is 0.452 e. The summed E-state index contributed by atoms with van der Waals surface area (Å²) in [5, 5.41) is 3.43. The summed E-state index contributed by atoms with van der Waals surface area (Å²) in [4.78, 5) is 28.8. The Kier molecular flexibility index (Phi) is 7.53. The summed E-state index contributed by atoms with van der Waals surface area (Å²) in [5.74, 6) is -1.25. The van der Waals surface area contributed by atoms with E-state index in [1.807, 2.05) is 0 Å². The van der Waals surface area contributed by atoms with Crippen LogP contribution in [0.1, 0.15) is 19.8 Å². The average molecular weight is 486 g/mol. The number of nitrogens with one attached hydrogen (secondary N) is 1. The zero-order valence-electron chi connectivity index (χ0n) is 16.6. The number of nitrogens with zero attached hydrogens (tertiary/aromatic N) is 2. The van der Waals surface area contributed by atoms with Gasteiger partial charge < -0.3 is 10.1 Å². The summed E-state index contributed by atoms with van der Waals surface area (Å²) in [6, 6.07) is 9.05. The van der Waals surface area contributed by atoms with E-state index in [0.717, 1.165) is 0 Å². The SMILES string of the molecule is CC(OC(=O)C1CCN(S(=O)(=O)c2ccc(Cl)cc2)CC1)C(=O)Nc1ccc(Cl)cn1. The minimum atomic E-state index is -3.66. The van der Waals surface area contributed by atoms with Crippen LogP contribution in [-0.2, 0) is 24.3 Å². The molecule has 1 aromatic carbocycles. The highest BCUT2D eigenvalue weighted by molar-refractivity contribution is 7.89. The number of anilines is 1. The number of hydrogen-bond donors (Lipinski definition) is 1. The van der Waals surface area contributed by atoms with Crippen LogP contribution in [0.2, 0.25) is 10.0 Å². The Bertz CT molecular complexity index is 1040. The van der Waals surface area contributed by atoms with Crippen molar-refractivity contribution < 1.29 is 22.7 Å². The summed E-state index contributed by atoms with van der Waals surface area (Å²) in [6.07, 6.45) is 0.970. The van der Waals surface area contributed by atoms with Crippen molar-refractivity contribution >= 4 is 50.9 Å². The van der Waals surface area contributed by atoms with E-state index in [-0.39, 0.29) is 23.8 Å². The molecule has 1 fully saturated rings. The van der Waals surface area contributed by atoms with Gasteiger partial charge in [0.15, 0.2) is 6.10 Å². The van der Waals surface area contributed by atoms with Crippen molar-refractivity contribution in [2.75, 3.05) is 18.4 Å². The average Bonchev–Trinajstić information content (AvgIpc) is 2.75. The Balaban J connectivity index is 1.52. The molecule has 0 bridgehead atoms. The van der Waals surface area contributed by atoms with Crippen LogP contribution in [0.15, 0.2) is 47.5 Å². The number of esters is 1. The van der Waals surface area contributed by atoms with Crippen LogP contribution in [-0.4, -0.2) is 48.8 Å². The van der Waals surface area contributed by atoms with Crippen LogP contribution in [0.4, 0.5) is 5.82 Å². The molecule has 1 atom stereocenters. The maximum Gasteiger partial charge on any atom is 0.309 e. The topological polar surface area (TPSA) is 106 Å². The summed E-state index contributed by atoms with van der Waals surface area (Å²) >= 11 is 11.6. The highest BCUT2D eigenvalue weighted by Crippen LogP contribution is 2.25. The minimum Gasteiger partial charge on any atom is -0.452 e. The maximum atomic E-state index is 12.7. The van der Waals surface area contributed by atoms with Gasteiger partial charge in [-0.3, -0.25) is 9.59 Å². The molecule has 2 aromatic rings. The predicted molar refractivity (Wildman–Crippen MR) is 116 cm³/mol. The lowest BCUT2D eigenvalue weighted by Crippen LogP contribution is -2.41. The molecule has 11 heteroatoms. The van der Waals surface area contributed by atoms with Crippen molar-refractivity contribution in [3.8, 4) is 0 Å². The second-order valence-corrected chi connectivity index (χ2v) is 9.87. The van der Waals surface area contributed by atoms with E-state index >= 15 is 0 Å². The molecular formula is C20H21Cl2N3O5S. The normalized spacial score (nSPS) is 16.5. The van der Waals surface area contributed by atoms with Crippen molar-refractivity contribution in [2.24, 2.45) is 5.92 Å². The van der Waals surface area contributed by atoms with E-state index in [1.165, 1.54) is 47.8 Å². The standard InChI is InChI=1S/C20H21Cl2N3O5S/c1-13(19(26)24-18-7-4-16(22)12-23-18)30-20(27)14-8-10-25(11-9-14)31(28,29)17-5-2-15(21)3-6-17/h2-7,12-14H,8-11H2,1H3,(H,23,24,26). The lowest BCUT2D eigenvalue weighted by atomic mass is 9.98. The van der Waals surface area contributed by atoms with Gasteiger partial charge in [0.2, 0.25) is 10.0 Å². The van der Waals surface area contributed by atoms with Crippen molar-refractivity contribution in [2.45, 2.75) is 30.8 Å². The second-order valence-electron chi connectivity index (χ2n) is 7.06. The predicted octanol–water partition coefficient (Wildman–Crippen LogP) is 3.36. The van der Waals surface area contributed by atoms with Crippen molar-refractivity contribution in [3.05, 3.63) is 52.6 Å². The van der Waals surface area contributed by atoms with Gasteiger partial charge in [-0.2, -0.15) is 4.31 Å². The zero-order valence-corrected chi connectivity index (χ0v) is 19.0. The summed E-state index contributed by atoms with van der Waals surface area (Å²) < 4.78 is 32.1. The molecule has 0 saturated carbocycles. The molecule has 2 heterocycles. The molecule has 31 heavy (non-hydrogen) atoms. The van der Waals surface area contributed by atoms with Gasteiger partial charge >= 0.3 is 5.97 Å². The third kappa shape index (κ3) is 5.94. The van der Waals surface area contributed by atoms with Gasteiger partial charge in [-0.05, 0) is 56.2 Å². The van der Waals surface area contributed by atoms with Crippen LogP contribution >= 0.6 is 23.2 Å². The lowest BCUT2D eigenvalue weighted by Gasteiger charge is -2.30. The fourth-order valence-electron chi connectivity index (χ4n) is 3.09. The van der Waals surface area contributed by atoms with Gasteiger partial charge in [0.05, 0.1) is 15.8 Å². The monoisotopic (exact) mass is 485 g/mol. The van der Waals surface area contributed by atoms with Crippen molar-refractivity contribution in [3.63, 3.8) is 0 Å². The summed E-state index contributed by atoms with van der Waals surface area (Å²) in [5.41, 5.74) is 0. The highest BCUT2D eigenvalue weighted by atomic mass is 35.5. The molecule has 0 spiro atoms. The molecule has 0 radical (unpaired) electrons. The van der Waals surface area contributed by atoms with E-state index < -0.39 is 33.9 Å². The number of halogens is 2. The number of sulfonamides is 1. The van der Waals surface area contributed by atoms with Crippen LogP contribution in [0.5, 0.6) is 0 Å². The van der Waals surface area contributed by atoms with Crippen LogP contribution in [0, 0.1) is 5.92 Å². The quantitative estimate of drug-likeness (QED) is 0.628. The first-order valence-electron chi connectivity index (χ1n) is 9.55. The molecule has 0 aliphatic carbocycles. The highest BCUT2D eigenvalue weighted by Gasteiger charge is 2.34. The van der Waals surface area contributed by atoms with Gasteiger partial charge in [-0.15, -0.1) is 0 Å². The third-order valence-electron chi connectivity index (χ3n) is 4.88. The number of aromatic nitrogens is 1. The molecule has 166 valence electrons. The van der Waals surface area contributed by atoms with E-state index in [0.29, 0.717) is 22.9 Å². The smallest absolute Gasteiger partial charge is 0.309 e. The van der Waals surface area contributed by atoms with Crippen molar-refractivity contribution in [1.29, 1.82) is 0 Å². The Morgan fingerprint density at radius 1 is 1.10 bits per heavy atom. The Morgan fingerprint density at radius 2 is 1.71 bits per heavy atom. The van der Waals surface area contributed by atoms with Gasteiger partial charge in [0.25, 0.3) is 5.91 Å². The molecule has 1 unspecified atom stereocenters. The maximum absolute atomic E-state index is 12.7. The first kappa shape index (κ1) is 23.5. The number of hydrogen-bond acceptors (Lipinski definition) is 6. The molecule has 1 N–H and O–H groups in total. The summed E-state index contributed by atoms with van der Waals surface area (Å²) in [7, 11) is -3.66. The minimum absolute atomic E-state index is 0.152. The second kappa shape index (κ2) is 9.95. The van der Waals surface area contributed by atoms with E-state index in [9.17, 15) is 18.0 Å². The number of ether oxygens (including phenoxy) is 1. The molecule has 1 aromatic heterocycles. The van der Waals surface area contributed by atoms with Gasteiger partial charge in [-0.1, -0.05) is 23.2 Å². The molecule has 1 aliphatic rings. The molecule has 1 amide bonds. The third-order valence-corrected chi connectivity index (χ3v) is 7.27. The molecule has 1 aliphatic heterocycles. The van der Waals surface area contributed by atoms with Gasteiger partial charge in [-0.25, -0.2) is 13.4 Å². The van der Waals surface area contributed by atoms with Crippen LogP contribution < -0.4 is 5.32 Å². The molecule has 3 rings (SSSR count). The number of carbonyl (C=O) groups excluding carboxylic acids is 2. The number of benzene rings is 1. The Labute approximate surface area is 190 Å². The van der Waals surface area contributed by atoms with E-state index in [4.69, 9.17) is 27.9 Å². The zero-order chi connectivity index (χ0) is 22.6. The Hall–Kier alpha value is -2.20. The van der Waals surface area contributed by atoms with Crippen LogP contribution in [0.3, 0.4) is 0 Å². The molecule has 8 nitrogen and oxygen atoms in total.